The van der Waals surface area contributed by atoms with E-state index >= 15 is 0 Å². The number of aryl methyl sites for hydroxylation is 1. The summed E-state index contributed by atoms with van der Waals surface area (Å²) in [5, 5.41) is 15.2. The van der Waals surface area contributed by atoms with Crippen molar-refractivity contribution < 1.29 is 4.79 Å². The smallest absolute Gasteiger partial charge is 0.263 e. The third kappa shape index (κ3) is 2.96. The molecule has 0 bridgehead atoms. The minimum atomic E-state index is -0.0960. The van der Waals surface area contributed by atoms with Gasteiger partial charge < -0.3 is 15.1 Å². The van der Waals surface area contributed by atoms with Crippen LogP contribution in [0.2, 0.25) is 0 Å². The van der Waals surface area contributed by atoms with Crippen molar-refractivity contribution in [2.75, 3.05) is 35.3 Å². The van der Waals surface area contributed by atoms with Gasteiger partial charge in [-0.05, 0) is 30.2 Å². The zero-order chi connectivity index (χ0) is 20.0. The molecule has 0 spiro atoms. The molecule has 0 radical (unpaired) electrons. The molecule has 3 aromatic rings. The van der Waals surface area contributed by atoms with Gasteiger partial charge in [0.1, 0.15) is 11.4 Å². The molecule has 29 heavy (non-hydrogen) atoms. The van der Waals surface area contributed by atoms with E-state index in [1.165, 1.54) is 4.80 Å². The predicted octanol–water partition coefficient (Wildman–Crippen LogP) is 1.34. The second-order valence-corrected chi connectivity index (χ2v) is 7.24. The Bertz CT molecular complexity index is 1080. The van der Waals surface area contributed by atoms with Crippen molar-refractivity contribution in [1.29, 1.82) is 0 Å². The highest BCUT2D eigenvalue weighted by Gasteiger charge is 2.37. The number of nitrogens with one attached hydrogen (secondary N) is 1. The van der Waals surface area contributed by atoms with E-state index in [0.29, 0.717) is 29.7 Å². The first-order valence-electron chi connectivity index (χ1n) is 9.62. The zero-order valence-corrected chi connectivity index (χ0v) is 16.3. The maximum atomic E-state index is 13.5. The minimum absolute atomic E-state index is 0.0960. The second kappa shape index (κ2) is 6.80. The van der Waals surface area contributed by atoms with Gasteiger partial charge in [0, 0.05) is 43.6 Å². The van der Waals surface area contributed by atoms with E-state index in [4.69, 9.17) is 0 Å². The second-order valence-electron chi connectivity index (χ2n) is 7.24. The molecule has 2 aliphatic rings. The number of carbonyl (C=O) groups excluding carboxylic acids is 1. The Hall–Kier alpha value is -3.56. The van der Waals surface area contributed by atoms with Gasteiger partial charge in [0.25, 0.3) is 5.91 Å². The number of aromatic nitrogens is 6. The van der Waals surface area contributed by atoms with Gasteiger partial charge in [-0.3, -0.25) is 4.79 Å². The van der Waals surface area contributed by atoms with E-state index in [0.717, 1.165) is 30.6 Å². The summed E-state index contributed by atoms with van der Waals surface area (Å²) < 4.78 is 0. The minimum Gasteiger partial charge on any atom is -0.357 e. The molecule has 1 fully saturated rings. The molecule has 0 saturated carbocycles. The van der Waals surface area contributed by atoms with Gasteiger partial charge in [-0.15, -0.1) is 10.2 Å². The molecule has 10 heteroatoms. The summed E-state index contributed by atoms with van der Waals surface area (Å²) in [4.78, 5) is 27.8. The predicted molar refractivity (Wildman–Crippen MR) is 108 cm³/mol. The summed E-state index contributed by atoms with van der Waals surface area (Å²) in [6.07, 6.45) is 3.72. The maximum Gasteiger partial charge on any atom is 0.263 e. The largest absolute Gasteiger partial charge is 0.357 e. The lowest BCUT2D eigenvalue weighted by Crippen LogP contribution is -2.39. The lowest BCUT2D eigenvalue weighted by Gasteiger charge is -2.27. The number of tetrazole rings is 1. The molecular formula is C19H21N9O. The summed E-state index contributed by atoms with van der Waals surface area (Å²) in [5.41, 5.74) is 2.15. The molecule has 1 unspecified atom stereocenters. The summed E-state index contributed by atoms with van der Waals surface area (Å²) in [6, 6.07) is 7.92. The molecule has 1 aromatic carbocycles. The van der Waals surface area contributed by atoms with Gasteiger partial charge >= 0.3 is 0 Å². The monoisotopic (exact) mass is 391 g/mol. The average Bonchev–Trinajstić information content (AvgIpc) is 3.37. The highest BCUT2D eigenvalue weighted by molar-refractivity contribution is 6.10. The highest BCUT2D eigenvalue weighted by Crippen LogP contribution is 2.34. The molecule has 2 aromatic heterocycles. The van der Waals surface area contributed by atoms with Gasteiger partial charge in [0.05, 0.1) is 7.05 Å². The van der Waals surface area contributed by atoms with Crippen molar-refractivity contribution in [3.63, 3.8) is 0 Å². The van der Waals surface area contributed by atoms with Gasteiger partial charge in [0.2, 0.25) is 11.8 Å². The number of benzene rings is 1. The molecule has 1 amide bonds. The molecular weight excluding hydrogens is 370 g/mol. The van der Waals surface area contributed by atoms with E-state index in [-0.39, 0.29) is 11.9 Å². The SMILES string of the molecule is CNc1ncc2c(n1)N1CCCC1CN(c1cccc(-c3nnn(C)n3)c1)C2=O. The Labute approximate surface area is 167 Å². The van der Waals surface area contributed by atoms with Crippen molar-refractivity contribution >= 4 is 23.4 Å². The number of nitrogens with zero attached hydrogens (tertiary/aromatic N) is 8. The molecule has 1 atom stereocenters. The lowest BCUT2D eigenvalue weighted by molar-refractivity contribution is 0.0988. The van der Waals surface area contributed by atoms with Crippen LogP contribution in [0.4, 0.5) is 17.5 Å². The van der Waals surface area contributed by atoms with E-state index in [9.17, 15) is 4.79 Å². The zero-order valence-electron chi connectivity index (χ0n) is 16.3. The fourth-order valence-electron chi connectivity index (χ4n) is 4.04. The lowest BCUT2D eigenvalue weighted by atomic mass is 10.1. The van der Waals surface area contributed by atoms with Crippen molar-refractivity contribution in [2.24, 2.45) is 7.05 Å². The van der Waals surface area contributed by atoms with E-state index < -0.39 is 0 Å². The Morgan fingerprint density at radius 3 is 2.97 bits per heavy atom. The van der Waals surface area contributed by atoms with Crippen LogP contribution in [0.3, 0.4) is 0 Å². The molecule has 5 rings (SSSR count). The fourth-order valence-corrected chi connectivity index (χ4v) is 4.04. The summed E-state index contributed by atoms with van der Waals surface area (Å²) >= 11 is 0. The fraction of sp³-hybridized carbons (Fsp3) is 0.368. The van der Waals surface area contributed by atoms with Crippen LogP contribution in [0, 0.1) is 0 Å². The standard InChI is InChI=1S/C19H21N9O/c1-20-19-21-10-15-17(22-19)27-8-4-7-14(27)11-28(18(15)29)13-6-3-5-12(9-13)16-23-25-26(2)24-16/h3,5-6,9-10,14H,4,7-8,11H2,1-2H3,(H,20,21,22). The molecule has 1 saturated heterocycles. The Morgan fingerprint density at radius 2 is 2.17 bits per heavy atom. The normalized spacial score (nSPS) is 18.4. The summed E-state index contributed by atoms with van der Waals surface area (Å²) in [5.74, 6) is 1.67. The molecule has 0 aliphatic carbocycles. The van der Waals surface area contributed by atoms with Crippen LogP contribution in [0.1, 0.15) is 23.2 Å². The first kappa shape index (κ1) is 17.5. The van der Waals surface area contributed by atoms with Crippen molar-refractivity contribution in [2.45, 2.75) is 18.9 Å². The third-order valence-corrected chi connectivity index (χ3v) is 5.43. The van der Waals surface area contributed by atoms with Crippen LogP contribution in [-0.4, -0.2) is 62.3 Å². The molecule has 2 aliphatic heterocycles. The average molecular weight is 391 g/mol. The van der Waals surface area contributed by atoms with Crippen LogP contribution in [0.25, 0.3) is 11.4 Å². The summed E-state index contributed by atoms with van der Waals surface area (Å²) in [7, 11) is 3.50. The van der Waals surface area contributed by atoms with Crippen LogP contribution in [-0.2, 0) is 7.05 Å². The van der Waals surface area contributed by atoms with E-state index in [2.05, 4.69) is 35.6 Å². The van der Waals surface area contributed by atoms with Crippen LogP contribution in [0.15, 0.2) is 30.5 Å². The maximum absolute atomic E-state index is 13.5. The number of hydrogen-bond acceptors (Lipinski definition) is 8. The van der Waals surface area contributed by atoms with Crippen molar-refractivity contribution in [1.82, 2.24) is 30.2 Å². The third-order valence-electron chi connectivity index (χ3n) is 5.43. The number of anilines is 3. The molecule has 1 N–H and O–H groups in total. The Kier molecular flexibility index (Phi) is 4.11. The Morgan fingerprint density at radius 1 is 1.28 bits per heavy atom. The Balaban J connectivity index is 1.58. The first-order chi connectivity index (χ1) is 14.1. The molecule has 4 heterocycles. The molecule has 10 nitrogen and oxygen atoms in total. The summed E-state index contributed by atoms with van der Waals surface area (Å²) in [6.45, 7) is 1.49. The number of rotatable bonds is 3. The number of hydrogen-bond donors (Lipinski definition) is 1. The van der Waals surface area contributed by atoms with E-state index in [1.54, 1.807) is 20.3 Å². The topological polar surface area (TPSA) is 105 Å². The van der Waals surface area contributed by atoms with E-state index in [1.807, 2.05) is 29.2 Å². The van der Waals surface area contributed by atoms with Gasteiger partial charge in [0.15, 0.2) is 0 Å². The van der Waals surface area contributed by atoms with Crippen LogP contribution >= 0.6 is 0 Å². The van der Waals surface area contributed by atoms with Crippen molar-refractivity contribution in [3.05, 3.63) is 36.0 Å². The first-order valence-corrected chi connectivity index (χ1v) is 9.62. The quantitative estimate of drug-likeness (QED) is 0.713. The molecule has 148 valence electrons. The van der Waals surface area contributed by atoms with Crippen LogP contribution < -0.4 is 15.1 Å². The number of carbonyl (C=O) groups is 1. The van der Waals surface area contributed by atoms with Gasteiger partial charge in [-0.2, -0.15) is 9.78 Å². The highest BCUT2D eigenvalue weighted by atomic mass is 16.2. The number of fused-ring (bicyclic) bond motifs is 3. The number of amides is 1. The van der Waals surface area contributed by atoms with Gasteiger partial charge in [-0.25, -0.2) is 4.98 Å². The van der Waals surface area contributed by atoms with Crippen LogP contribution in [0.5, 0.6) is 0 Å². The van der Waals surface area contributed by atoms with Crippen molar-refractivity contribution in [3.8, 4) is 11.4 Å². The van der Waals surface area contributed by atoms with Gasteiger partial charge in [-0.1, -0.05) is 12.1 Å².